The number of pyridine rings is 1. The second kappa shape index (κ2) is 8.90. The van der Waals surface area contributed by atoms with Gasteiger partial charge in [0.1, 0.15) is 11.5 Å². The molecule has 1 saturated heterocycles. The lowest BCUT2D eigenvalue weighted by atomic mass is 9.93. The van der Waals surface area contributed by atoms with E-state index in [0.717, 1.165) is 23.1 Å². The monoisotopic (exact) mass is 442 g/mol. The third kappa shape index (κ3) is 3.89. The molecule has 168 valence electrons. The molecule has 1 aliphatic heterocycles. The van der Waals surface area contributed by atoms with E-state index in [4.69, 9.17) is 4.74 Å². The minimum Gasteiger partial charge on any atom is -0.507 e. The fourth-order valence-corrected chi connectivity index (χ4v) is 4.26. The van der Waals surface area contributed by atoms with Crippen LogP contribution in [0, 0.1) is 13.8 Å². The van der Waals surface area contributed by atoms with Gasteiger partial charge in [0.25, 0.3) is 11.7 Å². The van der Waals surface area contributed by atoms with Gasteiger partial charge in [-0.3, -0.25) is 19.5 Å². The highest BCUT2D eigenvalue weighted by atomic mass is 16.5. The molecule has 1 aromatic heterocycles. The average molecular weight is 443 g/mol. The summed E-state index contributed by atoms with van der Waals surface area (Å²) >= 11 is 0. The molecule has 1 unspecified atom stereocenters. The van der Waals surface area contributed by atoms with E-state index in [-0.39, 0.29) is 11.3 Å². The van der Waals surface area contributed by atoms with Crippen molar-refractivity contribution in [1.82, 2.24) is 4.98 Å². The first kappa shape index (κ1) is 22.3. The van der Waals surface area contributed by atoms with Gasteiger partial charge in [-0.2, -0.15) is 0 Å². The molecule has 2 heterocycles. The molecule has 33 heavy (non-hydrogen) atoms. The number of aryl methyl sites for hydroxylation is 3. The SMILES string of the molecule is CCc1ccc(N2C(=O)C(=O)/C(=C(/O)c3cc(C)c(OC)cc3C)C2c2ccncc2)cc1. The number of aliphatic hydroxyl groups is 1. The van der Waals surface area contributed by atoms with Crippen LogP contribution in [0.5, 0.6) is 5.75 Å². The first-order valence-corrected chi connectivity index (χ1v) is 10.8. The molecule has 0 bridgehead atoms. The molecule has 6 nitrogen and oxygen atoms in total. The predicted molar refractivity (Wildman–Crippen MR) is 127 cm³/mol. The van der Waals surface area contributed by atoms with Gasteiger partial charge in [0.15, 0.2) is 0 Å². The van der Waals surface area contributed by atoms with Crippen LogP contribution >= 0.6 is 0 Å². The molecule has 2 aromatic carbocycles. The van der Waals surface area contributed by atoms with Gasteiger partial charge in [0.2, 0.25) is 0 Å². The zero-order chi connectivity index (χ0) is 23.7. The molecule has 6 heteroatoms. The number of carbonyl (C=O) groups is 2. The number of Topliss-reactive ketones (excluding diaryl/α,β-unsaturated/α-hetero) is 1. The minimum atomic E-state index is -0.776. The third-order valence-electron chi connectivity index (χ3n) is 6.09. The van der Waals surface area contributed by atoms with Crippen molar-refractivity contribution in [3.8, 4) is 5.75 Å². The Balaban J connectivity index is 1.94. The molecule has 3 aromatic rings. The number of rotatable bonds is 5. The van der Waals surface area contributed by atoms with E-state index in [1.807, 2.05) is 44.2 Å². The molecule has 1 amide bonds. The van der Waals surface area contributed by atoms with Gasteiger partial charge in [-0.1, -0.05) is 19.1 Å². The highest BCUT2D eigenvalue weighted by molar-refractivity contribution is 6.51. The number of benzene rings is 2. The maximum atomic E-state index is 13.3. The van der Waals surface area contributed by atoms with E-state index < -0.39 is 17.7 Å². The third-order valence-corrected chi connectivity index (χ3v) is 6.09. The summed E-state index contributed by atoms with van der Waals surface area (Å²) in [6.07, 6.45) is 4.08. The number of methoxy groups -OCH3 is 1. The van der Waals surface area contributed by atoms with Crippen molar-refractivity contribution >= 4 is 23.1 Å². The molecule has 1 aliphatic rings. The molecule has 1 atom stereocenters. The highest BCUT2D eigenvalue weighted by Gasteiger charge is 2.47. The summed E-state index contributed by atoms with van der Waals surface area (Å²) in [5.41, 5.74) is 4.51. The Kier molecular flexibility index (Phi) is 6.01. The van der Waals surface area contributed by atoms with E-state index in [1.54, 1.807) is 37.7 Å². The maximum Gasteiger partial charge on any atom is 0.300 e. The van der Waals surface area contributed by atoms with Crippen molar-refractivity contribution in [3.63, 3.8) is 0 Å². The van der Waals surface area contributed by atoms with Gasteiger partial charge in [0.05, 0.1) is 18.7 Å². The van der Waals surface area contributed by atoms with Crippen LogP contribution in [0.2, 0.25) is 0 Å². The molecule has 1 N–H and O–H groups in total. The summed E-state index contributed by atoms with van der Waals surface area (Å²) in [7, 11) is 1.58. The average Bonchev–Trinajstić information content (AvgIpc) is 3.10. The molecule has 1 fully saturated rings. The zero-order valence-electron chi connectivity index (χ0n) is 19.1. The van der Waals surface area contributed by atoms with Gasteiger partial charge >= 0.3 is 0 Å². The van der Waals surface area contributed by atoms with Crippen molar-refractivity contribution in [2.75, 3.05) is 12.0 Å². The summed E-state index contributed by atoms with van der Waals surface area (Å²) in [5, 5.41) is 11.4. The molecule has 0 spiro atoms. The van der Waals surface area contributed by atoms with Gasteiger partial charge in [-0.05, 0) is 78.9 Å². The number of hydrogen-bond donors (Lipinski definition) is 1. The number of hydrogen-bond acceptors (Lipinski definition) is 5. The van der Waals surface area contributed by atoms with Crippen LogP contribution in [0.3, 0.4) is 0 Å². The Labute approximate surface area is 193 Å². The number of ketones is 1. The first-order chi connectivity index (χ1) is 15.9. The number of amides is 1. The summed E-state index contributed by atoms with van der Waals surface area (Å²) in [5.74, 6) is -0.912. The van der Waals surface area contributed by atoms with E-state index in [0.29, 0.717) is 22.6 Å². The molecular weight excluding hydrogens is 416 g/mol. The first-order valence-electron chi connectivity index (χ1n) is 10.8. The molecular formula is C27H26N2O4. The van der Waals surface area contributed by atoms with Crippen LogP contribution in [-0.2, 0) is 16.0 Å². The Morgan fingerprint density at radius 3 is 2.30 bits per heavy atom. The lowest BCUT2D eigenvalue weighted by Gasteiger charge is -2.25. The van der Waals surface area contributed by atoms with Crippen molar-refractivity contribution in [2.24, 2.45) is 0 Å². The highest BCUT2D eigenvalue weighted by Crippen LogP contribution is 2.42. The van der Waals surface area contributed by atoms with Gasteiger partial charge in [-0.15, -0.1) is 0 Å². The number of nitrogens with zero attached hydrogens (tertiary/aromatic N) is 2. The number of ether oxygens (including phenoxy) is 1. The van der Waals surface area contributed by atoms with Crippen molar-refractivity contribution < 1.29 is 19.4 Å². The molecule has 4 rings (SSSR count). The number of aromatic nitrogens is 1. The smallest absolute Gasteiger partial charge is 0.300 e. The van der Waals surface area contributed by atoms with Gasteiger partial charge in [-0.25, -0.2) is 0 Å². The van der Waals surface area contributed by atoms with Crippen molar-refractivity contribution in [2.45, 2.75) is 33.2 Å². The second-order valence-corrected chi connectivity index (χ2v) is 8.11. The number of anilines is 1. The topological polar surface area (TPSA) is 79.7 Å². The van der Waals surface area contributed by atoms with Crippen LogP contribution in [0.4, 0.5) is 5.69 Å². The van der Waals surface area contributed by atoms with Crippen LogP contribution in [-0.4, -0.2) is 28.9 Å². The fraction of sp³-hybridized carbons (Fsp3) is 0.222. The van der Waals surface area contributed by atoms with Crippen molar-refractivity contribution in [1.29, 1.82) is 0 Å². The fourth-order valence-electron chi connectivity index (χ4n) is 4.26. The molecule has 0 radical (unpaired) electrons. The molecule has 0 aliphatic carbocycles. The zero-order valence-corrected chi connectivity index (χ0v) is 19.1. The van der Waals surface area contributed by atoms with E-state index in [9.17, 15) is 14.7 Å². The largest absolute Gasteiger partial charge is 0.507 e. The standard InChI is InChI=1S/C27H26N2O4/c1-5-18-6-8-20(9-7-18)29-24(19-10-12-28-13-11-19)23(26(31)27(29)32)25(30)21-14-17(3)22(33-4)15-16(21)2/h6-15,24,30H,5H2,1-4H3/b25-23+. The Bertz CT molecular complexity index is 1250. The summed E-state index contributed by atoms with van der Waals surface area (Å²) in [6.45, 7) is 5.75. The lowest BCUT2D eigenvalue weighted by molar-refractivity contribution is -0.132. The number of aliphatic hydroxyl groups excluding tert-OH is 1. The van der Waals surface area contributed by atoms with Gasteiger partial charge < -0.3 is 9.84 Å². The lowest BCUT2D eigenvalue weighted by Crippen LogP contribution is -2.29. The normalized spacial score (nSPS) is 17.5. The van der Waals surface area contributed by atoms with Crippen LogP contribution in [0.15, 0.2) is 66.5 Å². The molecule has 0 saturated carbocycles. The van der Waals surface area contributed by atoms with Crippen LogP contribution < -0.4 is 9.64 Å². The van der Waals surface area contributed by atoms with E-state index in [1.165, 1.54) is 4.90 Å². The summed E-state index contributed by atoms with van der Waals surface area (Å²) in [4.78, 5) is 32.0. The Hall–Kier alpha value is -3.93. The summed E-state index contributed by atoms with van der Waals surface area (Å²) in [6, 6.07) is 13.9. The van der Waals surface area contributed by atoms with Gasteiger partial charge in [0, 0.05) is 23.6 Å². The summed E-state index contributed by atoms with van der Waals surface area (Å²) < 4.78 is 5.37. The van der Waals surface area contributed by atoms with E-state index >= 15 is 0 Å². The van der Waals surface area contributed by atoms with E-state index in [2.05, 4.69) is 11.9 Å². The number of carbonyl (C=O) groups excluding carboxylic acids is 2. The van der Waals surface area contributed by atoms with Crippen molar-refractivity contribution in [3.05, 3.63) is 94.3 Å². The quantitative estimate of drug-likeness (QED) is 0.346. The Morgan fingerprint density at radius 2 is 1.70 bits per heavy atom. The van der Waals surface area contributed by atoms with Crippen LogP contribution in [0.25, 0.3) is 5.76 Å². The maximum absolute atomic E-state index is 13.3. The Morgan fingerprint density at radius 1 is 1.03 bits per heavy atom. The van der Waals surface area contributed by atoms with Crippen LogP contribution in [0.1, 0.15) is 40.8 Å². The second-order valence-electron chi connectivity index (χ2n) is 8.11. The minimum absolute atomic E-state index is 0.0541. The predicted octanol–water partition coefficient (Wildman–Crippen LogP) is 4.90.